The highest BCUT2D eigenvalue weighted by molar-refractivity contribution is 6.31. The smallest absolute Gasteiger partial charge is 0.259 e. The summed E-state index contributed by atoms with van der Waals surface area (Å²) < 4.78 is 0. The van der Waals surface area contributed by atoms with Crippen LogP contribution in [0.25, 0.3) is 32.7 Å². The van der Waals surface area contributed by atoms with Crippen LogP contribution in [0.5, 0.6) is 11.5 Å². The number of nitrogens with one attached hydrogen (secondary N) is 2. The van der Waals surface area contributed by atoms with Crippen LogP contribution in [0.2, 0.25) is 5.02 Å². The molecule has 9 rings (SSSR count). The van der Waals surface area contributed by atoms with Crippen LogP contribution in [0.3, 0.4) is 0 Å². The van der Waals surface area contributed by atoms with Crippen molar-refractivity contribution >= 4 is 84.9 Å². The zero-order chi connectivity index (χ0) is 40.6. The van der Waals surface area contributed by atoms with Crippen molar-refractivity contribution in [2.45, 2.75) is 0 Å². The molecule has 8 aromatic carbocycles. The van der Waals surface area contributed by atoms with E-state index in [0.717, 1.165) is 0 Å². The fourth-order valence-corrected chi connectivity index (χ4v) is 7.25. The van der Waals surface area contributed by atoms with Gasteiger partial charge in [-0.1, -0.05) is 96.5 Å². The molecule has 0 aliphatic heterocycles. The van der Waals surface area contributed by atoms with Crippen LogP contribution in [0, 0.1) is 0 Å². The van der Waals surface area contributed by atoms with Gasteiger partial charge in [0.05, 0.1) is 22.5 Å². The Morgan fingerprint density at radius 1 is 0.475 bits per heavy atom. The predicted molar refractivity (Wildman–Crippen MR) is 229 cm³/mol. The molecule has 11 nitrogen and oxygen atoms in total. The second-order valence-corrected chi connectivity index (χ2v) is 14.1. The van der Waals surface area contributed by atoms with Gasteiger partial charge in [-0.25, -0.2) is 0 Å². The monoisotopic (exact) mass is 792 g/mol. The number of azo groups is 2. The van der Waals surface area contributed by atoms with Crippen molar-refractivity contribution in [1.29, 1.82) is 0 Å². The van der Waals surface area contributed by atoms with Crippen molar-refractivity contribution in [1.82, 2.24) is 0 Å². The van der Waals surface area contributed by atoms with Crippen LogP contribution in [-0.2, 0) is 0 Å². The van der Waals surface area contributed by atoms with E-state index < -0.39 is 11.8 Å². The summed E-state index contributed by atoms with van der Waals surface area (Å²) in [6.07, 6.45) is 0. The molecule has 0 radical (unpaired) electrons. The summed E-state index contributed by atoms with van der Waals surface area (Å²) in [4.78, 5) is 40.4. The van der Waals surface area contributed by atoms with Crippen molar-refractivity contribution in [2.24, 2.45) is 20.5 Å². The highest BCUT2D eigenvalue weighted by atomic mass is 35.5. The Hall–Kier alpha value is -8.02. The van der Waals surface area contributed by atoms with E-state index in [9.17, 15) is 24.6 Å². The number of fused-ring (bicyclic) bond motifs is 5. The molecule has 0 spiro atoms. The molecule has 0 saturated carbocycles. The van der Waals surface area contributed by atoms with E-state index in [2.05, 4.69) is 31.1 Å². The van der Waals surface area contributed by atoms with Gasteiger partial charge in [-0.2, -0.15) is 10.2 Å². The number of ketones is 1. The van der Waals surface area contributed by atoms with E-state index in [1.54, 1.807) is 127 Å². The van der Waals surface area contributed by atoms with Crippen molar-refractivity contribution in [3.63, 3.8) is 0 Å². The third-order valence-corrected chi connectivity index (χ3v) is 10.1. The molecule has 0 bridgehead atoms. The van der Waals surface area contributed by atoms with Gasteiger partial charge in [0.15, 0.2) is 17.3 Å². The zero-order valence-electron chi connectivity index (χ0n) is 30.7. The lowest BCUT2D eigenvalue weighted by atomic mass is 10.0. The van der Waals surface area contributed by atoms with E-state index in [1.807, 2.05) is 24.3 Å². The molecule has 59 heavy (non-hydrogen) atoms. The highest BCUT2D eigenvalue weighted by Gasteiger charge is 2.28. The van der Waals surface area contributed by atoms with Crippen LogP contribution >= 0.6 is 11.6 Å². The summed E-state index contributed by atoms with van der Waals surface area (Å²) in [6.45, 7) is 0. The number of hydrogen-bond acceptors (Lipinski definition) is 9. The molecule has 1 aliphatic rings. The molecule has 0 heterocycles. The quantitative estimate of drug-likeness (QED) is 0.112. The first kappa shape index (κ1) is 36.6. The predicted octanol–water partition coefficient (Wildman–Crippen LogP) is 12.6. The Labute approximate surface area is 341 Å². The lowest BCUT2D eigenvalue weighted by Crippen LogP contribution is -2.12. The molecule has 2 amide bonds. The maximum atomic E-state index is 13.8. The number of phenolic OH excluding ortho intramolecular Hbond substituents is 2. The first-order valence-corrected chi connectivity index (χ1v) is 18.7. The van der Waals surface area contributed by atoms with Crippen molar-refractivity contribution in [3.8, 4) is 22.6 Å². The molecule has 1 aliphatic carbocycles. The number of phenols is 2. The Kier molecular flexibility index (Phi) is 9.40. The zero-order valence-corrected chi connectivity index (χ0v) is 31.5. The first-order valence-electron chi connectivity index (χ1n) is 18.3. The normalized spacial score (nSPS) is 12.0. The van der Waals surface area contributed by atoms with Crippen molar-refractivity contribution in [3.05, 3.63) is 179 Å². The number of amides is 2. The minimum Gasteiger partial charge on any atom is -0.505 e. The number of anilines is 2. The van der Waals surface area contributed by atoms with Crippen molar-refractivity contribution in [2.75, 3.05) is 10.6 Å². The number of benzene rings is 8. The minimum atomic E-state index is -0.559. The molecule has 0 fully saturated rings. The number of nitrogens with zero attached hydrogens (tertiary/aromatic N) is 4. The SMILES string of the molecule is O=C1c2cc(N=Nc3c(O)c(C(=O)Nc4ccccc4)cc4ccccc34)ccc2-c2ccc(N=Nc3c(O)c(C(=O)Nc4cccc(Cl)c4)cc4ccccc34)cc21. The summed E-state index contributed by atoms with van der Waals surface area (Å²) in [5, 5.41) is 48.7. The lowest BCUT2D eigenvalue weighted by molar-refractivity contribution is 0.101. The number of hydrogen-bond donors (Lipinski definition) is 4. The molecule has 0 unspecified atom stereocenters. The van der Waals surface area contributed by atoms with E-state index in [0.29, 0.717) is 71.6 Å². The standard InChI is InChI=1S/C47H29ClN6O5/c48-28-11-8-14-30(23-28)50-47(59)40-22-27-10-5-7-16-34(27)42(45(40)57)54-52-32-18-20-36-35-19-17-31(24-37(35)43(55)38(36)25-32)51-53-41-33-15-6-4-9-26(33)21-39(44(41)56)46(58)49-29-12-2-1-3-13-29/h1-25,56-57H,(H,49,58)(H,50,59). The first-order chi connectivity index (χ1) is 28.7. The Morgan fingerprint density at radius 2 is 0.949 bits per heavy atom. The second kappa shape index (κ2) is 15.1. The third kappa shape index (κ3) is 7.02. The van der Waals surface area contributed by atoms with Crippen LogP contribution in [0.15, 0.2) is 172 Å². The molecule has 0 saturated heterocycles. The fraction of sp³-hybridized carbons (Fsp3) is 0. The topological polar surface area (TPSA) is 165 Å². The van der Waals surface area contributed by atoms with Crippen LogP contribution in [-0.4, -0.2) is 27.8 Å². The van der Waals surface area contributed by atoms with E-state index in [4.69, 9.17) is 11.6 Å². The maximum absolute atomic E-state index is 13.8. The average Bonchev–Trinajstić information content (AvgIpc) is 3.52. The molecule has 284 valence electrons. The molecule has 8 aromatic rings. The average molecular weight is 793 g/mol. The van der Waals surface area contributed by atoms with Gasteiger partial charge in [0.2, 0.25) is 0 Å². The maximum Gasteiger partial charge on any atom is 0.259 e. The molecular formula is C47H29ClN6O5. The van der Waals surface area contributed by atoms with E-state index >= 15 is 0 Å². The molecular weight excluding hydrogens is 764 g/mol. The summed E-state index contributed by atoms with van der Waals surface area (Å²) in [5.74, 6) is -2.02. The number of aromatic hydroxyl groups is 2. The number of carbonyl (C=O) groups is 3. The largest absolute Gasteiger partial charge is 0.505 e. The number of para-hydroxylation sites is 1. The van der Waals surface area contributed by atoms with Gasteiger partial charge >= 0.3 is 0 Å². The van der Waals surface area contributed by atoms with Gasteiger partial charge in [0.1, 0.15) is 11.4 Å². The Bertz CT molecular complexity index is 3110. The van der Waals surface area contributed by atoms with Gasteiger partial charge in [-0.05, 0) is 88.6 Å². The molecule has 0 aromatic heterocycles. The van der Waals surface area contributed by atoms with Crippen LogP contribution in [0.4, 0.5) is 34.1 Å². The van der Waals surface area contributed by atoms with Gasteiger partial charge in [-0.3, -0.25) is 14.4 Å². The van der Waals surface area contributed by atoms with Gasteiger partial charge < -0.3 is 20.8 Å². The highest BCUT2D eigenvalue weighted by Crippen LogP contribution is 2.44. The van der Waals surface area contributed by atoms with Crippen LogP contribution in [0.1, 0.15) is 36.6 Å². The van der Waals surface area contributed by atoms with E-state index in [-0.39, 0.29) is 39.8 Å². The summed E-state index contributed by atoms with van der Waals surface area (Å²) in [5.41, 5.74) is 4.15. The summed E-state index contributed by atoms with van der Waals surface area (Å²) in [7, 11) is 0. The van der Waals surface area contributed by atoms with Crippen LogP contribution < -0.4 is 10.6 Å². The van der Waals surface area contributed by atoms with Gasteiger partial charge in [0.25, 0.3) is 11.8 Å². The summed E-state index contributed by atoms with van der Waals surface area (Å²) >= 11 is 6.10. The van der Waals surface area contributed by atoms with E-state index in [1.165, 1.54) is 0 Å². The van der Waals surface area contributed by atoms with Gasteiger partial charge in [0, 0.05) is 38.3 Å². The number of carbonyl (C=O) groups excluding carboxylic acids is 3. The van der Waals surface area contributed by atoms with Crippen molar-refractivity contribution < 1.29 is 24.6 Å². The lowest BCUT2D eigenvalue weighted by Gasteiger charge is -2.11. The Morgan fingerprint density at radius 3 is 1.47 bits per heavy atom. The molecule has 4 N–H and O–H groups in total. The third-order valence-electron chi connectivity index (χ3n) is 9.91. The summed E-state index contributed by atoms with van der Waals surface area (Å²) in [6, 6.07) is 43.4. The second-order valence-electron chi connectivity index (χ2n) is 13.7. The number of rotatable bonds is 8. The molecule has 12 heteroatoms. The molecule has 0 atom stereocenters. The fourth-order valence-electron chi connectivity index (χ4n) is 7.06. The minimum absolute atomic E-state index is 0.00480. The van der Waals surface area contributed by atoms with Gasteiger partial charge in [-0.15, -0.1) is 10.2 Å². The number of halogens is 1. The Balaban J connectivity index is 0.994.